The fraction of sp³-hybridized carbons (Fsp3) is 0.429. The maximum Gasteiger partial charge on any atom is 0.416 e. The first-order chi connectivity index (χ1) is 9.95. The van der Waals surface area contributed by atoms with Crippen molar-refractivity contribution in [2.75, 3.05) is 0 Å². The Morgan fingerprint density at radius 3 is 2.52 bits per heavy atom. The smallest absolute Gasteiger partial charge is 0.416 e. The van der Waals surface area contributed by atoms with Crippen LogP contribution in [0.1, 0.15) is 43.1 Å². The summed E-state index contributed by atoms with van der Waals surface area (Å²) in [7, 11) is 0. The molecule has 2 aromatic rings. The molecule has 1 aromatic heterocycles. The highest BCUT2D eigenvalue weighted by atomic mass is 79.9. The number of hydrogen-bond donors (Lipinski definition) is 0. The van der Waals surface area contributed by atoms with Crippen LogP contribution in [0.3, 0.4) is 0 Å². The largest absolute Gasteiger partial charge is 0.420 e. The molecule has 1 heterocycles. The second-order valence-corrected chi connectivity index (χ2v) is 5.97. The van der Waals surface area contributed by atoms with Crippen molar-refractivity contribution < 1.29 is 17.6 Å². The van der Waals surface area contributed by atoms with Gasteiger partial charge in [0, 0.05) is 10.4 Å². The van der Waals surface area contributed by atoms with Gasteiger partial charge in [-0.2, -0.15) is 13.2 Å². The van der Waals surface area contributed by atoms with Gasteiger partial charge in [0.25, 0.3) is 0 Å². The Kier molecular flexibility index (Phi) is 3.77. The van der Waals surface area contributed by atoms with Crippen LogP contribution >= 0.6 is 15.9 Å². The van der Waals surface area contributed by atoms with Crippen molar-refractivity contribution >= 4 is 15.9 Å². The number of halogens is 4. The van der Waals surface area contributed by atoms with E-state index in [4.69, 9.17) is 4.42 Å². The predicted molar refractivity (Wildman–Crippen MR) is 73.6 cm³/mol. The number of hydrogen-bond acceptors (Lipinski definition) is 3. The fourth-order valence-corrected chi connectivity index (χ4v) is 2.96. The molecule has 0 spiro atoms. The maximum absolute atomic E-state index is 12.8. The second kappa shape index (κ2) is 5.44. The van der Waals surface area contributed by atoms with Crippen LogP contribution in [0.25, 0.3) is 11.5 Å². The highest BCUT2D eigenvalue weighted by Crippen LogP contribution is 2.38. The van der Waals surface area contributed by atoms with Crippen molar-refractivity contribution in [2.45, 2.75) is 37.8 Å². The van der Waals surface area contributed by atoms with Gasteiger partial charge in [-0.25, -0.2) is 0 Å². The van der Waals surface area contributed by atoms with E-state index in [0.29, 0.717) is 10.4 Å². The van der Waals surface area contributed by atoms with Crippen LogP contribution in [0.5, 0.6) is 0 Å². The lowest BCUT2D eigenvalue weighted by Gasteiger charge is -2.08. The highest BCUT2D eigenvalue weighted by molar-refractivity contribution is 9.10. The average molecular weight is 361 g/mol. The van der Waals surface area contributed by atoms with Crippen molar-refractivity contribution in [3.05, 3.63) is 34.1 Å². The minimum atomic E-state index is -4.40. The molecule has 0 radical (unpaired) electrons. The number of rotatable bonds is 2. The molecule has 1 saturated carbocycles. The van der Waals surface area contributed by atoms with E-state index < -0.39 is 11.7 Å². The van der Waals surface area contributed by atoms with Crippen LogP contribution in [0, 0.1) is 0 Å². The zero-order valence-electron chi connectivity index (χ0n) is 11.0. The summed E-state index contributed by atoms with van der Waals surface area (Å²) in [6, 6.07) is 3.38. The van der Waals surface area contributed by atoms with Crippen LogP contribution in [0.4, 0.5) is 13.2 Å². The lowest BCUT2D eigenvalue weighted by atomic mass is 10.1. The van der Waals surface area contributed by atoms with Gasteiger partial charge in [-0.05, 0) is 47.0 Å². The molecular weight excluding hydrogens is 349 g/mol. The fourth-order valence-electron chi connectivity index (χ4n) is 2.55. The normalized spacial score (nSPS) is 16.6. The molecule has 1 aromatic carbocycles. The third kappa shape index (κ3) is 2.97. The van der Waals surface area contributed by atoms with E-state index in [1.807, 2.05) is 0 Å². The number of aromatic nitrogens is 2. The van der Waals surface area contributed by atoms with Crippen LogP contribution in [-0.4, -0.2) is 10.2 Å². The molecule has 0 N–H and O–H groups in total. The Bertz CT molecular complexity index is 648. The molecule has 0 saturated heterocycles. The third-order valence-corrected chi connectivity index (χ3v) is 4.36. The van der Waals surface area contributed by atoms with Gasteiger partial charge in [-0.15, -0.1) is 10.2 Å². The van der Waals surface area contributed by atoms with E-state index >= 15 is 0 Å². The molecule has 3 nitrogen and oxygen atoms in total. The molecule has 0 bridgehead atoms. The Hall–Kier alpha value is -1.37. The van der Waals surface area contributed by atoms with Gasteiger partial charge in [-0.1, -0.05) is 12.8 Å². The number of alkyl halides is 3. The van der Waals surface area contributed by atoms with Crippen molar-refractivity contribution in [1.82, 2.24) is 10.2 Å². The summed E-state index contributed by atoms with van der Waals surface area (Å²) in [5.41, 5.74) is -0.470. The summed E-state index contributed by atoms with van der Waals surface area (Å²) < 4.78 is 44.4. The third-order valence-electron chi connectivity index (χ3n) is 3.67. The van der Waals surface area contributed by atoms with Gasteiger partial charge in [0.2, 0.25) is 11.8 Å². The Morgan fingerprint density at radius 2 is 1.86 bits per heavy atom. The van der Waals surface area contributed by atoms with Crippen LogP contribution in [0.2, 0.25) is 0 Å². The van der Waals surface area contributed by atoms with Crippen molar-refractivity contribution in [3.63, 3.8) is 0 Å². The molecule has 0 atom stereocenters. The molecular formula is C14H12BrF3N2O. The van der Waals surface area contributed by atoms with Crippen molar-refractivity contribution in [3.8, 4) is 11.5 Å². The molecule has 0 unspecified atom stereocenters. The molecule has 0 aliphatic heterocycles. The summed E-state index contributed by atoms with van der Waals surface area (Å²) in [6.45, 7) is 0. The summed E-state index contributed by atoms with van der Waals surface area (Å²) in [4.78, 5) is 0. The van der Waals surface area contributed by atoms with Crippen molar-refractivity contribution in [1.29, 1.82) is 0 Å². The molecule has 1 aliphatic rings. The van der Waals surface area contributed by atoms with E-state index in [0.717, 1.165) is 37.8 Å². The van der Waals surface area contributed by atoms with E-state index in [1.165, 1.54) is 6.07 Å². The quantitative estimate of drug-likeness (QED) is 0.740. The van der Waals surface area contributed by atoms with Crippen LogP contribution < -0.4 is 0 Å². The lowest BCUT2D eigenvalue weighted by molar-refractivity contribution is -0.137. The van der Waals surface area contributed by atoms with Gasteiger partial charge in [-0.3, -0.25) is 0 Å². The Balaban J connectivity index is 1.96. The average Bonchev–Trinajstić information content (AvgIpc) is 3.09. The van der Waals surface area contributed by atoms with Gasteiger partial charge >= 0.3 is 6.18 Å². The van der Waals surface area contributed by atoms with E-state index in [-0.39, 0.29) is 17.4 Å². The first kappa shape index (κ1) is 14.6. The van der Waals surface area contributed by atoms with Gasteiger partial charge in [0.05, 0.1) is 11.1 Å². The molecule has 0 amide bonds. The SMILES string of the molecule is FC(F)(F)c1ccc(Br)c(-c2nnc(C3CCCC3)o2)c1. The van der Waals surface area contributed by atoms with Gasteiger partial charge in [0.1, 0.15) is 0 Å². The number of benzene rings is 1. The second-order valence-electron chi connectivity index (χ2n) is 5.12. The summed E-state index contributed by atoms with van der Waals surface area (Å²) in [6.07, 6.45) is -0.175. The lowest BCUT2D eigenvalue weighted by Crippen LogP contribution is -2.04. The monoisotopic (exact) mass is 360 g/mol. The molecule has 3 rings (SSSR count). The van der Waals surface area contributed by atoms with E-state index in [2.05, 4.69) is 26.1 Å². The summed E-state index contributed by atoms with van der Waals surface area (Å²) >= 11 is 3.23. The van der Waals surface area contributed by atoms with Gasteiger partial charge < -0.3 is 4.42 Å². The van der Waals surface area contributed by atoms with E-state index in [1.54, 1.807) is 0 Å². The molecule has 1 aliphatic carbocycles. The Labute approximate surface area is 127 Å². The minimum absolute atomic E-state index is 0.120. The maximum atomic E-state index is 12.8. The van der Waals surface area contributed by atoms with Crippen LogP contribution in [0.15, 0.2) is 27.1 Å². The van der Waals surface area contributed by atoms with Crippen LogP contribution in [-0.2, 0) is 6.18 Å². The summed E-state index contributed by atoms with van der Waals surface area (Å²) in [5.74, 6) is 0.873. The topological polar surface area (TPSA) is 38.9 Å². The Morgan fingerprint density at radius 1 is 1.14 bits per heavy atom. The molecule has 21 heavy (non-hydrogen) atoms. The highest BCUT2D eigenvalue weighted by Gasteiger charge is 2.32. The molecule has 112 valence electrons. The number of nitrogens with zero attached hydrogens (tertiary/aromatic N) is 2. The van der Waals surface area contributed by atoms with E-state index in [9.17, 15) is 13.2 Å². The first-order valence-electron chi connectivity index (χ1n) is 6.65. The summed E-state index contributed by atoms with van der Waals surface area (Å²) in [5, 5.41) is 7.89. The zero-order chi connectivity index (χ0) is 15.0. The minimum Gasteiger partial charge on any atom is -0.420 e. The predicted octanol–water partition coefficient (Wildman–Crippen LogP) is 5.18. The first-order valence-corrected chi connectivity index (χ1v) is 7.45. The molecule has 7 heteroatoms. The standard InChI is InChI=1S/C14H12BrF3N2O/c15-11-6-5-9(14(16,17)18)7-10(11)13-20-19-12(21-13)8-3-1-2-4-8/h5-8H,1-4H2. The zero-order valence-corrected chi connectivity index (χ0v) is 12.5. The van der Waals surface area contributed by atoms with Gasteiger partial charge in [0.15, 0.2) is 0 Å². The molecule has 1 fully saturated rings. The van der Waals surface area contributed by atoms with Crippen molar-refractivity contribution in [2.24, 2.45) is 0 Å².